The van der Waals surface area contributed by atoms with Crippen LogP contribution < -0.4 is 10.6 Å². The number of nitrogens with two attached hydrogens (primary N) is 1. The second kappa shape index (κ2) is 5.35. The number of rotatable bonds is 3. The predicted molar refractivity (Wildman–Crippen MR) is 86.3 cm³/mol. The molecule has 0 atom stereocenters. The summed E-state index contributed by atoms with van der Waals surface area (Å²) in [5.74, 6) is 0. The summed E-state index contributed by atoms with van der Waals surface area (Å²) in [6.45, 7) is 0.565. The van der Waals surface area contributed by atoms with E-state index in [0.29, 0.717) is 6.54 Å². The summed E-state index contributed by atoms with van der Waals surface area (Å²) in [4.78, 5) is 2.21. The molecule has 20 heavy (non-hydrogen) atoms. The largest absolute Gasteiger partial charge is 0.344 e. The standard InChI is InChI=1S/C18H18N2/c1-20(15-7-3-2-4-8-15)18-12-11-14(13-19)16-9-5-6-10-17(16)18/h2-12H,13,19H2,1H3. The molecule has 2 heteroatoms. The van der Waals surface area contributed by atoms with Crippen molar-refractivity contribution in [2.45, 2.75) is 6.54 Å². The zero-order valence-corrected chi connectivity index (χ0v) is 11.6. The van der Waals surface area contributed by atoms with Crippen LogP contribution in [0.25, 0.3) is 10.8 Å². The average Bonchev–Trinajstić information content (AvgIpc) is 2.54. The first-order valence-corrected chi connectivity index (χ1v) is 6.80. The van der Waals surface area contributed by atoms with E-state index in [2.05, 4.69) is 72.6 Å². The van der Waals surface area contributed by atoms with E-state index in [1.807, 2.05) is 6.07 Å². The normalized spacial score (nSPS) is 10.7. The Hall–Kier alpha value is -2.32. The van der Waals surface area contributed by atoms with Gasteiger partial charge in [-0.05, 0) is 29.1 Å². The SMILES string of the molecule is CN(c1ccccc1)c1ccc(CN)c2ccccc12. The van der Waals surface area contributed by atoms with Crippen LogP contribution in [0, 0.1) is 0 Å². The first-order valence-electron chi connectivity index (χ1n) is 6.80. The number of hydrogen-bond acceptors (Lipinski definition) is 2. The number of para-hydroxylation sites is 1. The van der Waals surface area contributed by atoms with E-state index in [1.165, 1.54) is 27.7 Å². The Labute approximate surface area is 119 Å². The van der Waals surface area contributed by atoms with Crippen LogP contribution in [-0.4, -0.2) is 7.05 Å². The van der Waals surface area contributed by atoms with Gasteiger partial charge in [0, 0.05) is 30.4 Å². The highest BCUT2D eigenvalue weighted by molar-refractivity contribution is 5.98. The first-order chi connectivity index (χ1) is 9.81. The van der Waals surface area contributed by atoms with Gasteiger partial charge in [0.15, 0.2) is 0 Å². The quantitative estimate of drug-likeness (QED) is 0.771. The molecule has 3 aromatic rings. The van der Waals surface area contributed by atoms with Crippen LogP contribution in [0.5, 0.6) is 0 Å². The molecule has 2 N–H and O–H groups in total. The van der Waals surface area contributed by atoms with Gasteiger partial charge >= 0.3 is 0 Å². The summed E-state index contributed by atoms with van der Waals surface area (Å²) in [7, 11) is 2.10. The third-order valence-corrected chi connectivity index (χ3v) is 3.72. The van der Waals surface area contributed by atoms with Crippen molar-refractivity contribution in [2.24, 2.45) is 5.73 Å². The van der Waals surface area contributed by atoms with Gasteiger partial charge in [0.05, 0.1) is 0 Å². The smallest absolute Gasteiger partial charge is 0.0487 e. The third-order valence-electron chi connectivity index (χ3n) is 3.72. The van der Waals surface area contributed by atoms with E-state index in [-0.39, 0.29) is 0 Å². The minimum Gasteiger partial charge on any atom is -0.344 e. The van der Waals surface area contributed by atoms with Crippen LogP contribution in [0.4, 0.5) is 11.4 Å². The maximum absolute atomic E-state index is 5.84. The van der Waals surface area contributed by atoms with Gasteiger partial charge in [-0.25, -0.2) is 0 Å². The summed E-state index contributed by atoms with van der Waals surface area (Å²) >= 11 is 0. The van der Waals surface area contributed by atoms with E-state index in [9.17, 15) is 0 Å². The lowest BCUT2D eigenvalue weighted by atomic mass is 10.0. The number of hydrogen-bond donors (Lipinski definition) is 1. The van der Waals surface area contributed by atoms with Gasteiger partial charge in [-0.2, -0.15) is 0 Å². The molecule has 0 unspecified atom stereocenters. The molecule has 0 saturated carbocycles. The second-order valence-corrected chi connectivity index (χ2v) is 4.89. The van der Waals surface area contributed by atoms with Gasteiger partial charge in [-0.15, -0.1) is 0 Å². The molecule has 0 amide bonds. The predicted octanol–water partition coefficient (Wildman–Crippen LogP) is 4.07. The monoisotopic (exact) mass is 262 g/mol. The minimum absolute atomic E-state index is 0.565. The zero-order chi connectivity index (χ0) is 13.9. The average molecular weight is 262 g/mol. The van der Waals surface area contributed by atoms with Gasteiger partial charge in [0.1, 0.15) is 0 Å². The molecule has 100 valence electrons. The molecule has 0 heterocycles. The zero-order valence-electron chi connectivity index (χ0n) is 11.6. The van der Waals surface area contributed by atoms with Crippen LogP contribution in [0.15, 0.2) is 66.7 Å². The van der Waals surface area contributed by atoms with Crippen molar-refractivity contribution in [2.75, 3.05) is 11.9 Å². The van der Waals surface area contributed by atoms with Gasteiger partial charge in [0.25, 0.3) is 0 Å². The van der Waals surface area contributed by atoms with E-state index in [0.717, 1.165) is 0 Å². The van der Waals surface area contributed by atoms with Crippen molar-refractivity contribution in [3.8, 4) is 0 Å². The molecule has 0 bridgehead atoms. The van der Waals surface area contributed by atoms with Gasteiger partial charge in [-0.3, -0.25) is 0 Å². The fourth-order valence-corrected chi connectivity index (χ4v) is 2.61. The summed E-state index contributed by atoms with van der Waals surface area (Å²) in [5, 5.41) is 2.47. The van der Waals surface area contributed by atoms with E-state index < -0.39 is 0 Å². The Morgan fingerprint density at radius 2 is 1.45 bits per heavy atom. The maximum atomic E-state index is 5.84. The molecule has 0 aliphatic rings. The topological polar surface area (TPSA) is 29.3 Å². The van der Waals surface area contributed by atoms with Gasteiger partial charge < -0.3 is 10.6 Å². The van der Waals surface area contributed by atoms with Crippen LogP contribution >= 0.6 is 0 Å². The number of anilines is 2. The molecule has 0 aliphatic heterocycles. The van der Waals surface area contributed by atoms with E-state index in [1.54, 1.807) is 0 Å². The number of benzene rings is 3. The maximum Gasteiger partial charge on any atom is 0.0487 e. The highest BCUT2D eigenvalue weighted by atomic mass is 15.1. The van der Waals surface area contributed by atoms with Gasteiger partial charge in [0.2, 0.25) is 0 Å². The van der Waals surface area contributed by atoms with E-state index in [4.69, 9.17) is 5.73 Å². The summed E-state index contributed by atoms with van der Waals surface area (Å²) in [6, 6.07) is 23.1. The summed E-state index contributed by atoms with van der Waals surface area (Å²) < 4.78 is 0. The van der Waals surface area contributed by atoms with Crippen molar-refractivity contribution >= 4 is 22.1 Å². The lowest BCUT2D eigenvalue weighted by Crippen LogP contribution is -2.10. The van der Waals surface area contributed by atoms with Crippen molar-refractivity contribution in [1.29, 1.82) is 0 Å². The molecule has 0 aliphatic carbocycles. The molecule has 2 nitrogen and oxygen atoms in total. The Kier molecular flexibility index (Phi) is 3.40. The second-order valence-electron chi connectivity index (χ2n) is 4.89. The fraction of sp³-hybridized carbons (Fsp3) is 0.111. The van der Waals surface area contributed by atoms with Crippen LogP contribution in [0.1, 0.15) is 5.56 Å². The number of nitrogens with zero attached hydrogens (tertiary/aromatic N) is 1. The lowest BCUT2D eigenvalue weighted by molar-refractivity contribution is 1.08. The van der Waals surface area contributed by atoms with Gasteiger partial charge in [-0.1, -0.05) is 48.5 Å². The Morgan fingerprint density at radius 3 is 2.15 bits per heavy atom. The molecule has 0 radical (unpaired) electrons. The van der Waals surface area contributed by atoms with Crippen molar-refractivity contribution < 1.29 is 0 Å². The van der Waals surface area contributed by atoms with Crippen LogP contribution in [0.2, 0.25) is 0 Å². The lowest BCUT2D eigenvalue weighted by Gasteiger charge is -2.22. The van der Waals surface area contributed by atoms with Crippen LogP contribution in [0.3, 0.4) is 0 Å². The molecule has 0 fully saturated rings. The molecular formula is C18H18N2. The number of fused-ring (bicyclic) bond motifs is 1. The fourth-order valence-electron chi connectivity index (χ4n) is 2.61. The molecule has 0 saturated heterocycles. The minimum atomic E-state index is 0.565. The Morgan fingerprint density at radius 1 is 0.800 bits per heavy atom. The third kappa shape index (κ3) is 2.15. The van der Waals surface area contributed by atoms with E-state index >= 15 is 0 Å². The molecule has 3 rings (SSSR count). The Balaban J connectivity index is 2.18. The first kappa shape index (κ1) is 12.7. The molecular weight excluding hydrogens is 244 g/mol. The van der Waals surface area contributed by atoms with Crippen molar-refractivity contribution in [3.05, 3.63) is 72.3 Å². The van der Waals surface area contributed by atoms with Crippen molar-refractivity contribution in [3.63, 3.8) is 0 Å². The highest BCUT2D eigenvalue weighted by Crippen LogP contribution is 2.32. The summed E-state index contributed by atoms with van der Waals surface area (Å²) in [6.07, 6.45) is 0. The van der Waals surface area contributed by atoms with Crippen LogP contribution in [-0.2, 0) is 6.54 Å². The highest BCUT2D eigenvalue weighted by Gasteiger charge is 2.09. The Bertz CT molecular complexity index is 720. The molecule has 3 aromatic carbocycles. The summed E-state index contributed by atoms with van der Waals surface area (Å²) in [5.41, 5.74) is 9.40. The molecule has 0 aromatic heterocycles. The van der Waals surface area contributed by atoms with Crippen molar-refractivity contribution in [1.82, 2.24) is 0 Å². The molecule has 0 spiro atoms.